The number of rotatable bonds is 6. The largest absolute Gasteiger partial charge is 0.493 e. The molecule has 0 aliphatic heterocycles. The standard InChI is InChI=1S/C17H16ClF3N2O3/c1-3-26-15-12(18)6-10(7-13(15)25-2)8-23-16(24)11-4-5-14(22-9-11)17(19,20)21/h4-7,9H,3,8H2,1-2H3,(H,23,24). The van der Waals surface area contributed by atoms with E-state index < -0.39 is 17.8 Å². The molecule has 0 bridgehead atoms. The molecule has 0 unspecified atom stereocenters. The first-order valence-corrected chi connectivity index (χ1v) is 7.94. The van der Waals surface area contributed by atoms with Gasteiger partial charge in [-0.05, 0) is 36.8 Å². The van der Waals surface area contributed by atoms with Crippen molar-refractivity contribution in [2.45, 2.75) is 19.6 Å². The minimum absolute atomic E-state index is 0.0157. The predicted octanol–water partition coefficient (Wildman–Crippen LogP) is 4.09. The molecule has 5 nitrogen and oxygen atoms in total. The van der Waals surface area contributed by atoms with Gasteiger partial charge in [0.2, 0.25) is 0 Å². The van der Waals surface area contributed by atoms with Crippen LogP contribution in [0.25, 0.3) is 0 Å². The van der Waals surface area contributed by atoms with Crippen LogP contribution in [-0.2, 0) is 12.7 Å². The zero-order valence-electron chi connectivity index (χ0n) is 14.0. The summed E-state index contributed by atoms with van der Waals surface area (Å²) in [6, 6.07) is 5.09. The first-order chi connectivity index (χ1) is 12.3. The minimum Gasteiger partial charge on any atom is -0.493 e. The van der Waals surface area contributed by atoms with E-state index in [9.17, 15) is 18.0 Å². The lowest BCUT2D eigenvalue weighted by atomic mass is 10.2. The molecule has 2 rings (SSSR count). The SMILES string of the molecule is CCOc1c(Cl)cc(CNC(=O)c2ccc(C(F)(F)F)nc2)cc1OC. The van der Waals surface area contributed by atoms with Crippen LogP contribution in [-0.4, -0.2) is 24.6 Å². The number of carbonyl (C=O) groups excluding carboxylic acids is 1. The molecule has 9 heteroatoms. The number of nitrogens with zero attached hydrogens (tertiary/aromatic N) is 1. The Balaban J connectivity index is 2.08. The Morgan fingerprint density at radius 2 is 2.04 bits per heavy atom. The smallest absolute Gasteiger partial charge is 0.433 e. The Morgan fingerprint density at radius 3 is 2.58 bits per heavy atom. The zero-order chi connectivity index (χ0) is 19.3. The highest BCUT2D eigenvalue weighted by Crippen LogP contribution is 2.36. The predicted molar refractivity (Wildman–Crippen MR) is 89.6 cm³/mol. The molecular weight excluding hydrogens is 373 g/mol. The molecule has 0 aliphatic carbocycles. The van der Waals surface area contributed by atoms with Crippen LogP contribution < -0.4 is 14.8 Å². The number of carbonyl (C=O) groups is 1. The Labute approximate surface area is 153 Å². The molecule has 140 valence electrons. The van der Waals surface area contributed by atoms with E-state index in [2.05, 4.69) is 10.3 Å². The number of benzene rings is 1. The molecule has 0 saturated carbocycles. The summed E-state index contributed by atoms with van der Waals surface area (Å²) in [7, 11) is 1.46. The molecule has 0 aliphatic rings. The molecule has 2 aromatic rings. The Morgan fingerprint density at radius 1 is 1.31 bits per heavy atom. The highest BCUT2D eigenvalue weighted by atomic mass is 35.5. The Bertz CT molecular complexity index is 780. The summed E-state index contributed by atoms with van der Waals surface area (Å²) in [5.74, 6) is 0.258. The number of alkyl halides is 3. The first kappa shape index (κ1) is 19.8. The molecule has 1 heterocycles. The highest BCUT2D eigenvalue weighted by Gasteiger charge is 2.32. The van der Waals surface area contributed by atoms with Gasteiger partial charge >= 0.3 is 6.18 Å². The Hall–Kier alpha value is -2.48. The topological polar surface area (TPSA) is 60.5 Å². The van der Waals surface area contributed by atoms with Crippen molar-refractivity contribution in [2.75, 3.05) is 13.7 Å². The number of hydrogen-bond acceptors (Lipinski definition) is 4. The van der Waals surface area contributed by atoms with Crippen LogP contribution in [0.15, 0.2) is 30.5 Å². The van der Waals surface area contributed by atoms with E-state index in [0.29, 0.717) is 28.7 Å². The summed E-state index contributed by atoms with van der Waals surface area (Å²) < 4.78 is 48.1. The van der Waals surface area contributed by atoms with Gasteiger partial charge in [0, 0.05) is 12.7 Å². The number of pyridine rings is 1. The molecule has 0 spiro atoms. The van der Waals surface area contributed by atoms with Crippen LogP contribution >= 0.6 is 11.6 Å². The number of halogens is 4. The maximum atomic E-state index is 12.5. The van der Waals surface area contributed by atoms with E-state index in [1.54, 1.807) is 12.1 Å². The van der Waals surface area contributed by atoms with Gasteiger partial charge < -0.3 is 14.8 Å². The number of aromatic nitrogens is 1. The maximum absolute atomic E-state index is 12.5. The fourth-order valence-corrected chi connectivity index (χ4v) is 2.43. The first-order valence-electron chi connectivity index (χ1n) is 7.57. The van der Waals surface area contributed by atoms with Gasteiger partial charge in [0.1, 0.15) is 5.69 Å². The molecule has 0 radical (unpaired) electrons. The third-order valence-corrected chi connectivity index (χ3v) is 3.63. The summed E-state index contributed by atoms with van der Waals surface area (Å²) in [6.07, 6.45) is -3.67. The molecule has 0 atom stereocenters. The fourth-order valence-electron chi connectivity index (χ4n) is 2.14. The number of hydrogen-bond donors (Lipinski definition) is 1. The zero-order valence-corrected chi connectivity index (χ0v) is 14.7. The van der Waals surface area contributed by atoms with E-state index in [4.69, 9.17) is 21.1 Å². The third-order valence-electron chi connectivity index (χ3n) is 3.35. The van der Waals surface area contributed by atoms with Crippen molar-refractivity contribution < 1.29 is 27.4 Å². The van der Waals surface area contributed by atoms with E-state index >= 15 is 0 Å². The molecule has 0 fully saturated rings. The van der Waals surface area contributed by atoms with Crippen molar-refractivity contribution >= 4 is 17.5 Å². The molecule has 1 N–H and O–H groups in total. The van der Waals surface area contributed by atoms with Gasteiger partial charge in [0.05, 0.1) is 24.3 Å². The number of amides is 1. The van der Waals surface area contributed by atoms with Gasteiger partial charge in [0.25, 0.3) is 5.91 Å². The minimum atomic E-state index is -4.55. The fraction of sp³-hybridized carbons (Fsp3) is 0.294. The normalized spacial score (nSPS) is 11.2. The second-order valence-electron chi connectivity index (χ2n) is 5.15. The van der Waals surface area contributed by atoms with E-state index in [1.165, 1.54) is 7.11 Å². The second-order valence-corrected chi connectivity index (χ2v) is 5.56. The summed E-state index contributed by atoms with van der Waals surface area (Å²) >= 11 is 6.15. The quantitative estimate of drug-likeness (QED) is 0.809. The van der Waals surface area contributed by atoms with Gasteiger partial charge in [-0.25, -0.2) is 0 Å². The lowest BCUT2D eigenvalue weighted by Crippen LogP contribution is -2.23. The number of nitrogens with one attached hydrogen (secondary N) is 1. The summed E-state index contributed by atoms with van der Waals surface area (Å²) in [4.78, 5) is 15.3. The van der Waals surface area contributed by atoms with Crippen molar-refractivity contribution in [3.8, 4) is 11.5 Å². The highest BCUT2D eigenvalue weighted by molar-refractivity contribution is 6.32. The molecule has 26 heavy (non-hydrogen) atoms. The van der Waals surface area contributed by atoms with Crippen LogP contribution in [0.4, 0.5) is 13.2 Å². The molecule has 1 aromatic carbocycles. The maximum Gasteiger partial charge on any atom is 0.433 e. The lowest BCUT2D eigenvalue weighted by molar-refractivity contribution is -0.141. The van der Waals surface area contributed by atoms with Crippen LogP contribution in [0.3, 0.4) is 0 Å². The monoisotopic (exact) mass is 388 g/mol. The van der Waals surface area contributed by atoms with Crippen LogP contribution in [0, 0.1) is 0 Å². The number of ether oxygens (including phenoxy) is 2. The van der Waals surface area contributed by atoms with E-state index in [-0.39, 0.29) is 12.1 Å². The molecule has 0 saturated heterocycles. The van der Waals surface area contributed by atoms with Gasteiger partial charge in [-0.1, -0.05) is 11.6 Å². The number of methoxy groups -OCH3 is 1. The summed E-state index contributed by atoms with van der Waals surface area (Å²) in [5, 5.41) is 2.91. The molecule has 1 aromatic heterocycles. The third kappa shape index (κ3) is 4.78. The van der Waals surface area contributed by atoms with E-state index in [0.717, 1.165) is 18.3 Å². The summed E-state index contributed by atoms with van der Waals surface area (Å²) in [5.41, 5.74) is -0.400. The van der Waals surface area contributed by atoms with Crippen molar-refractivity contribution in [3.05, 3.63) is 52.3 Å². The molecule has 1 amide bonds. The van der Waals surface area contributed by atoms with Crippen LogP contribution in [0.2, 0.25) is 5.02 Å². The lowest BCUT2D eigenvalue weighted by Gasteiger charge is -2.13. The van der Waals surface area contributed by atoms with Crippen molar-refractivity contribution in [2.24, 2.45) is 0 Å². The van der Waals surface area contributed by atoms with Crippen molar-refractivity contribution in [1.29, 1.82) is 0 Å². The average Bonchev–Trinajstić information content (AvgIpc) is 2.61. The summed E-state index contributed by atoms with van der Waals surface area (Å²) in [6.45, 7) is 2.32. The van der Waals surface area contributed by atoms with Gasteiger partial charge in [-0.2, -0.15) is 13.2 Å². The van der Waals surface area contributed by atoms with Crippen LogP contribution in [0.1, 0.15) is 28.5 Å². The van der Waals surface area contributed by atoms with Gasteiger partial charge in [-0.15, -0.1) is 0 Å². The van der Waals surface area contributed by atoms with Gasteiger partial charge in [-0.3, -0.25) is 9.78 Å². The second kappa shape index (κ2) is 8.27. The molecular formula is C17H16ClF3N2O3. The van der Waals surface area contributed by atoms with Crippen molar-refractivity contribution in [1.82, 2.24) is 10.3 Å². The van der Waals surface area contributed by atoms with Gasteiger partial charge in [0.15, 0.2) is 11.5 Å². The van der Waals surface area contributed by atoms with Crippen molar-refractivity contribution in [3.63, 3.8) is 0 Å². The van der Waals surface area contributed by atoms with E-state index in [1.807, 2.05) is 6.92 Å². The Kier molecular flexibility index (Phi) is 6.31. The van der Waals surface area contributed by atoms with Crippen LogP contribution in [0.5, 0.6) is 11.5 Å². The average molecular weight is 389 g/mol.